The second-order valence-electron chi connectivity index (χ2n) is 7.79. The smallest absolute Gasteiger partial charge is 0.0537 e. The van der Waals surface area contributed by atoms with Gasteiger partial charge in [0.15, 0.2) is 0 Å². The van der Waals surface area contributed by atoms with Crippen LogP contribution in [0.2, 0.25) is 0 Å². The van der Waals surface area contributed by atoms with Crippen molar-refractivity contribution in [2.45, 2.75) is 33.6 Å². The molecule has 0 unspecified atom stereocenters. The summed E-state index contributed by atoms with van der Waals surface area (Å²) in [5.74, 6) is 0. The molecule has 0 radical (unpaired) electrons. The van der Waals surface area contributed by atoms with Crippen molar-refractivity contribution >= 4 is 17.0 Å². The first-order chi connectivity index (χ1) is 14.7. The zero-order valence-corrected chi connectivity index (χ0v) is 18.2. The fraction of sp³-hybridized carbons (Fsp3) is 0.214. The molecule has 30 heavy (non-hydrogen) atoms. The number of para-hydroxylation sites is 2. The zero-order chi connectivity index (χ0) is 20.9. The number of aromatic nitrogens is 1. The number of allylic oxidation sites excluding steroid dienone is 5. The molecule has 4 rings (SSSR count). The Morgan fingerprint density at radius 3 is 2.53 bits per heavy atom. The van der Waals surface area contributed by atoms with Gasteiger partial charge in [0.25, 0.3) is 0 Å². The van der Waals surface area contributed by atoms with Crippen LogP contribution in [0.3, 0.4) is 0 Å². The molecule has 3 aromatic rings. The molecule has 152 valence electrons. The standard InChI is InChI=1S/C28H30N2/c1-4-12-23-13-10-17-26(21(23)2)29-20-11-19-27-22(3)25-16-8-9-18-28(25)30(27)24-14-6-5-7-15-24/h4-9,11-12,14-19,29H,10,13,20H2,1-3H3/b12-4-,19-11-. The lowest BCUT2D eigenvalue weighted by Gasteiger charge is -2.18. The van der Waals surface area contributed by atoms with Gasteiger partial charge in [-0.2, -0.15) is 0 Å². The monoisotopic (exact) mass is 394 g/mol. The largest absolute Gasteiger partial charge is 0.382 e. The molecule has 0 saturated carbocycles. The maximum Gasteiger partial charge on any atom is 0.0537 e. The Labute approximate surface area is 179 Å². The van der Waals surface area contributed by atoms with Gasteiger partial charge in [-0.05, 0) is 74.6 Å². The van der Waals surface area contributed by atoms with E-state index < -0.39 is 0 Å². The van der Waals surface area contributed by atoms with E-state index in [4.69, 9.17) is 0 Å². The number of rotatable bonds is 6. The number of nitrogens with one attached hydrogen (secondary N) is 1. The summed E-state index contributed by atoms with van der Waals surface area (Å²) in [6, 6.07) is 19.3. The molecule has 2 aromatic carbocycles. The van der Waals surface area contributed by atoms with Crippen molar-refractivity contribution in [3.63, 3.8) is 0 Å². The third-order valence-corrected chi connectivity index (χ3v) is 5.89. The predicted molar refractivity (Wildman–Crippen MR) is 130 cm³/mol. The molecule has 2 heteroatoms. The van der Waals surface area contributed by atoms with Gasteiger partial charge < -0.3 is 9.88 Å². The van der Waals surface area contributed by atoms with E-state index in [1.54, 1.807) is 0 Å². The highest BCUT2D eigenvalue weighted by Crippen LogP contribution is 2.30. The van der Waals surface area contributed by atoms with Gasteiger partial charge in [-0.25, -0.2) is 0 Å². The molecule has 0 atom stereocenters. The molecule has 0 amide bonds. The SMILES string of the molecule is C/C=C\C1=C(C)C(NC/C=C\c2c(C)c3ccccc3n2-c2ccccc2)=CCC1. The van der Waals surface area contributed by atoms with Crippen LogP contribution in [0.4, 0.5) is 0 Å². The first kappa shape index (κ1) is 20.0. The third-order valence-electron chi connectivity index (χ3n) is 5.89. The van der Waals surface area contributed by atoms with Gasteiger partial charge >= 0.3 is 0 Å². The van der Waals surface area contributed by atoms with Gasteiger partial charge in [0.1, 0.15) is 0 Å². The number of hydrogen-bond acceptors (Lipinski definition) is 1. The number of fused-ring (bicyclic) bond motifs is 1. The average molecular weight is 395 g/mol. The van der Waals surface area contributed by atoms with Crippen LogP contribution in [-0.2, 0) is 0 Å². The molecule has 0 saturated heterocycles. The first-order valence-corrected chi connectivity index (χ1v) is 10.8. The van der Waals surface area contributed by atoms with Gasteiger partial charge in [0.05, 0.1) is 5.52 Å². The number of hydrogen-bond donors (Lipinski definition) is 1. The molecule has 0 aliphatic heterocycles. The fourth-order valence-electron chi connectivity index (χ4n) is 4.32. The van der Waals surface area contributed by atoms with Crippen LogP contribution in [0.25, 0.3) is 22.7 Å². The minimum absolute atomic E-state index is 0.808. The van der Waals surface area contributed by atoms with E-state index in [0.29, 0.717) is 0 Å². The average Bonchev–Trinajstić information content (AvgIpc) is 3.06. The van der Waals surface area contributed by atoms with E-state index in [2.05, 4.69) is 116 Å². The highest BCUT2D eigenvalue weighted by molar-refractivity contribution is 5.89. The third kappa shape index (κ3) is 3.91. The first-order valence-electron chi connectivity index (χ1n) is 10.8. The summed E-state index contributed by atoms with van der Waals surface area (Å²) in [5, 5.41) is 4.92. The quantitative estimate of drug-likeness (QED) is 0.471. The van der Waals surface area contributed by atoms with Crippen LogP contribution in [0.1, 0.15) is 37.9 Å². The summed E-state index contributed by atoms with van der Waals surface area (Å²) in [4.78, 5) is 0. The summed E-state index contributed by atoms with van der Waals surface area (Å²) >= 11 is 0. The Bertz CT molecular complexity index is 1150. The molecule has 1 N–H and O–H groups in total. The summed E-state index contributed by atoms with van der Waals surface area (Å²) in [6.45, 7) is 7.33. The molecule has 1 heterocycles. The summed E-state index contributed by atoms with van der Waals surface area (Å²) < 4.78 is 2.36. The van der Waals surface area contributed by atoms with Crippen molar-refractivity contribution in [2.24, 2.45) is 0 Å². The second kappa shape index (κ2) is 9.04. The summed E-state index contributed by atoms with van der Waals surface area (Å²) in [7, 11) is 0. The van der Waals surface area contributed by atoms with Gasteiger partial charge in [-0.15, -0.1) is 0 Å². The Hall–Kier alpha value is -3.26. The van der Waals surface area contributed by atoms with E-state index in [1.165, 1.54) is 44.7 Å². The lowest BCUT2D eigenvalue weighted by Crippen LogP contribution is -2.16. The molecule has 0 fully saturated rings. The van der Waals surface area contributed by atoms with Crippen LogP contribution in [0, 0.1) is 6.92 Å². The van der Waals surface area contributed by atoms with E-state index in [-0.39, 0.29) is 0 Å². The van der Waals surface area contributed by atoms with E-state index in [0.717, 1.165) is 19.4 Å². The maximum atomic E-state index is 3.62. The van der Waals surface area contributed by atoms with Crippen molar-refractivity contribution in [1.82, 2.24) is 9.88 Å². The van der Waals surface area contributed by atoms with E-state index in [9.17, 15) is 0 Å². The molecular formula is C28H30N2. The molecule has 0 bridgehead atoms. The lowest BCUT2D eigenvalue weighted by molar-refractivity contribution is 0.847. The summed E-state index contributed by atoms with van der Waals surface area (Å²) in [5.41, 5.74) is 9.06. The van der Waals surface area contributed by atoms with Gasteiger partial charge in [-0.1, -0.05) is 60.7 Å². The normalized spacial score (nSPS) is 14.8. The van der Waals surface area contributed by atoms with E-state index >= 15 is 0 Å². The number of aryl methyl sites for hydroxylation is 1. The van der Waals surface area contributed by atoms with Gasteiger partial charge in [-0.3, -0.25) is 0 Å². The minimum Gasteiger partial charge on any atom is -0.382 e. The minimum atomic E-state index is 0.808. The summed E-state index contributed by atoms with van der Waals surface area (Å²) in [6.07, 6.45) is 13.4. The van der Waals surface area contributed by atoms with Gasteiger partial charge in [0.2, 0.25) is 0 Å². The molecular weight excluding hydrogens is 364 g/mol. The second-order valence-corrected chi connectivity index (χ2v) is 7.79. The van der Waals surface area contributed by atoms with E-state index in [1.807, 2.05) is 0 Å². The van der Waals surface area contributed by atoms with Gasteiger partial charge in [0, 0.05) is 29.0 Å². The van der Waals surface area contributed by atoms with Crippen molar-refractivity contribution in [1.29, 1.82) is 0 Å². The van der Waals surface area contributed by atoms with Crippen LogP contribution in [0.5, 0.6) is 0 Å². The van der Waals surface area contributed by atoms with Crippen LogP contribution >= 0.6 is 0 Å². The van der Waals surface area contributed by atoms with Crippen LogP contribution in [0.15, 0.2) is 95.7 Å². The molecule has 2 nitrogen and oxygen atoms in total. The predicted octanol–water partition coefficient (Wildman–Crippen LogP) is 7.11. The molecule has 1 aromatic heterocycles. The number of nitrogens with zero attached hydrogens (tertiary/aromatic N) is 1. The lowest BCUT2D eigenvalue weighted by atomic mass is 9.95. The van der Waals surface area contributed by atoms with Crippen molar-refractivity contribution < 1.29 is 0 Å². The molecule has 1 aliphatic rings. The maximum absolute atomic E-state index is 3.62. The molecule has 1 aliphatic carbocycles. The highest BCUT2D eigenvalue weighted by Gasteiger charge is 2.13. The van der Waals surface area contributed by atoms with Crippen LogP contribution in [-0.4, -0.2) is 11.1 Å². The Balaban J connectivity index is 1.61. The Morgan fingerprint density at radius 2 is 1.73 bits per heavy atom. The topological polar surface area (TPSA) is 17.0 Å². The number of benzene rings is 2. The Morgan fingerprint density at radius 1 is 0.967 bits per heavy atom. The molecule has 0 spiro atoms. The van der Waals surface area contributed by atoms with Crippen molar-refractivity contribution in [3.05, 3.63) is 107 Å². The van der Waals surface area contributed by atoms with Crippen molar-refractivity contribution in [2.75, 3.05) is 6.54 Å². The van der Waals surface area contributed by atoms with Crippen molar-refractivity contribution in [3.8, 4) is 5.69 Å². The zero-order valence-electron chi connectivity index (χ0n) is 18.2. The highest BCUT2D eigenvalue weighted by atomic mass is 15.0. The Kier molecular flexibility index (Phi) is 6.04. The van der Waals surface area contributed by atoms with Crippen LogP contribution < -0.4 is 5.32 Å². The fourth-order valence-corrected chi connectivity index (χ4v) is 4.32.